The number of hydrogen-bond donors (Lipinski definition) is 3. The maximum atomic E-state index is 8.78. The molecule has 0 amide bonds. The van der Waals surface area contributed by atoms with Gasteiger partial charge in [-0.2, -0.15) is 0 Å². The molecule has 0 aromatic carbocycles. The topological polar surface area (TPSA) is 32.3 Å². The van der Waals surface area contributed by atoms with Crippen LogP contribution in [0.4, 0.5) is 0 Å². The summed E-state index contributed by atoms with van der Waals surface area (Å²) in [5, 5.41) is 11.9. The molecular formula is C34H69NOS2. The van der Waals surface area contributed by atoms with Crippen LogP contribution in [-0.2, 0) is 0 Å². The monoisotopic (exact) mass is 571 g/mol. The van der Waals surface area contributed by atoms with Crippen LogP contribution in [0.5, 0.6) is 0 Å². The number of unbranched alkanes of at least 4 members (excludes halogenated alkanes) is 30. The summed E-state index contributed by atoms with van der Waals surface area (Å²) in [6.45, 7) is 1.36. The number of thiocarbonyl (C=S) groups is 1. The predicted molar refractivity (Wildman–Crippen MR) is 180 cm³/mol. The zero-order valence-electron chi connectivity index (χ0n) is 25.6. The Hall–Kier alpha value is 0.200. The van der Waals surface area contributed by atoms with Gasteiger partial charge in [-0.25, -0.2) is 0 Å². The maximum Gasteiger partial charge on any atom is 0.130 e. The summed E-state index contributed by atoms with van der Waals surface area (Å²) in [4.78, 5) is 0. The lowest BCUT2D eigenvalue weighted by Crippen LogP contribution is -2.17. The van der Waals surface area contributed by atoms with E-state index in [0.29, 0.717) is 10.9 Å². The summed E-state index contributed by atoms with van der Waals surface area (Å²) in [6, 6.07) is 0. The third-order valence-corrected chi connectivity index (χ3v) is 8.41. The molecule has 0 radical (unpaired) electrons. The second-order valence-corrected chi connectivity index (χ2v) is 13.1. The molecule has 0 atom stereocenters. The number of aliphatic hydroxyl groups is 1. The van der Waals surface area contributed by atoms with Crippen LogP contribution in [0, 0.1) is 0 Å². The molecule has 0 heterocycles. The fourth-order valence-corrected chi connectivity index (χ4v) is 5.77. The van der Waals surface area contributed by atoms with Crippen molar-refractivity contribution in [2.24, 2.45) is 0 Å². The Morgan fingerprint density at radius 1 is 0.368 bits per heavy atom. The Balaban J connectivity index is 3.02. The highest BCUT2D eigenvalue weighted by atomic mass is 32.1. The second kappa shape index (κ2) is 35.2. The van der Waals surface area contributed by atoms with Gasteiger partial charge in [-0.1, -0.05) is 198 Å². The molecule has 0 rings (SSSR count). The van der Waals surface area contributed by atoms with Crippen molar-refractivity contribution in [2.45, 2.75) is 199 Å². The Bertz CT molecular complexity index is 446. The first-order valence-electron chi connectivity index (χ1n) is 17.3. The van der Waals surface area contributed by atoms with Crippen molar-refractivity contribution in [3.05, 3.63) is 0 Å². The van der Waals surface area contributed by atoms with Crippen LogP contribution < -0.4 is 5.32 Å². The van der Waals surface area contributed by atoms with E-state index in [1.54, 1.807) is 0 Å². The normalized spacial score (nSPS) is 11.3. The van der Waals surface area contributed by atoms with E-state index in [9.17, 15) is 0 Å². The van der Waals surface area contributed by atoms with Crippen LogP contribution in [0.2, 0.25) is 0 Å². The van der Waals surface area contributed by atoms with Gasteiger partial charge in [0.25, 0.3) is 0 Å². The third kappa shape index (κ3) is 36.2. The first-order chi connectivity index (χ1) is 18.8. The Kier molecular flexibility index (Phi) is 35.4. The molecule has 0 fully saturated rings. The van der Waals surface area contributed by atoms with E-state index in [-0.39, 0.29) is 0 Å². The van der Waals surface area contributed by atoms with Gasteiger partial charge in [0.2, 0.25) is 0 Å². The van der Waals surface area contributed by atoms with Crippen LogP contribution in [-0.4, -0.2) is 22.6 Å². The van der Waals surface area contributed by atoms with Crippen molar-refractivity contribution in [1.82, 2.24) is 5.32 Å². The number of thiol groups is 1. The van der Waals surface area contributed by atoms with E-state index in [4.69, 9.17) is 17.3 Å². The van der Waals surface area contributed by atoms with E-state index in [1.165, 1.54) is 193 Å². The molecule has 0 saturated carbocycles. The maximum absolute atomic E-state index is 8.78. The molecule has 38 heavy (non-hydrogen) atoms. The average Bonchev–Trinajstić information content (AvgIpc) is 2.91. The first-order valence-corrected chi connectivity index (χ1v) is 18.2. The number of nitrogens with one attached hydrogen (secondary N) is 1. The molecule has 0 aliphatic carbocycles. The minimum Gasteiger partial charge on any atom is -0.396 e. The number of aliphatic hydroxyl groups excluding tert-OH is 1. The summed E-state index contributed by atoms with van der Waals surface area (Å²) in [5.41, 5.74) is 0. The van der Waals surface area contributed by atoms with Gasteiger partial charge in [-0.05, 0) is 12.8 Å². The lowest BCUT2D eigenvalue weighted by Gasteiger charge is -2.05. The Morgan fingerprint density at radius 3 is 0.737 bits per heavy atom. The zero-order valence-corrected chi connectivity index (χ0v) is 27.3. The molecule has 0 aromatic rings. The van der Waals surface area contributed by atoms with Gasteiger partial charge < -0.3 is 10.4 Å². The Labute approximate surface area is 251 Å². The van der Waals surface area contributed by atoms with Crippen molar-refractivity contribution < 1.29 is 5.11 Å². The molecule has 0 aliphatic heterocycles. The van der Waals surface area contributed by atoms with E-state index in [0.717, 1.165) is 13.0 Å². The fourth-order valence-electron chi connectivity index (χ4n) is 5.56. The van der Waals surface area contributed by atoms with Gasteiger partial charge in [0, 0.05) is 13.2 Å². The van der Waals surface area contributed by atoms with Crippen LogP contribution in [0.25, 0.3) is 0 Å². The first kappa shape index (κ1) is 38.2. The third-order valence-electron chi connectivity index (χ3n) is 8.11. The average molecular weight is 572 g/mol. The molecule has 0 unspecified atom stereocenters. The zero-order chi connectivity index (χ0) is 27.6. The van der Waals surface area contributed by atoms with Crippen molar-refractivity contribution in [3.63, 3.8) is 0 Å². The quantitative estimate of drug-likeness (QED) is 0.0416. The molecule has 2 N–H and O–H groups in total. The molecule has 0 bridgehead atoms. The molecule has 2 nitrogen and oxygen atoms in total. The Morgan fingerprint density at radius 2 is 0.553 bits per heavy atom. The van der Waals surface area contributed by atoms with Gasteiger partial charge >= 0.3 is 0 Å². The molecule has 4 heteroatoms. The summed E-state index contributed by atoms with van der Waals surface area (Å²) >= 11 is 8.98. The standard InChI is InChI=1S/C34H69NOS2/c36-33-31-29-27-25-23-21-19-17-15-13-11-9-7-5-3-1-2-4-6-8-10-12-14-16-18-20-22-24-26-28-30-32-35-34(37)38/h36H,1-33H2,(H2,35,37,38). The largest absolute Gasteiger partial charge is 0.396 e. The number of rotatable bonds is 33. The van der Waals surface area contributed by atoms with E-state index >= 15 is 0 Å². The highest BCUT2D eigenvalue weighted by Crippen LogP contribution is 2.16. The van der Waals surface area contributed by atoms with Crippen LogP contribution in [0.15, 0.2) is 0 Å². The fraction of sp³-hybridized carbons (Fsp3) is 0.971. The number of hydrogen-bond acceptors (Lipinski definition) is 2. The van der Waals surface area contributed by atoms with E-state index < -0.39 is 0 Å². The van der Waals surface area contributed by atoms with E-state index in [1.807, 2.05) is 0 Å². The van der Waals surface area contributed by atoms with Gasteiger partial charge in [-0.15, -0.1) is 12.6 Å². The molecule has 0 saturated heterocycles. The smallest absolute Gasteiger partial charge is 0.130 e. The molecule has 0 aliphatic rings. The molecular weight excluding hydrogens is 503 g/mol. The van der Waals surface area contributed by atoms with Gasteiger partial charge in [0.05, 0.1) is 0 Å². The lowest BCUT2D eigenvalue weighted by molar-refractivity contribution is 0.282. The lowest BCUT2D eigenvalue weighted by atomic mass is 10.0. The van der Waals surface area contributed by atoms with Crippen molar-refractivity contribution in [3.8, 4) is 0 Å². The van der Waals surface area contributed by atoms with Gasteiger partial charge in [0.15, 0.2) is 0 Å². The SMILES string of the molecule is OCCCCCCCCCCCCCCCCCCCCCCCCCCCCCCCCCNC(=S)S. The van der Waals surface area contributed by atoms with E-state index in [2.05, 4.69) is 17.9 Å². The minimum atomic E-state index is 0.371. The summed E-state index contributed by atoms with van der Waals surface area (Å²) in [6.07, 6.45) is 43.7. The van der Waals surface area contributed by atoms with Crippen LogP contribution >= 0.6 is 24.8 Å². The summed E-state index contributed by atoms with van der Waals surface area (Å²) < 4.78 is 0.627. The van der Waals surface area contributed by atoms with Crippen molar-refractivity contribution >= 4 is 29.2 Å². The second-order valence-electron chi connectivity index (χ2n) is 11.9. The van der Waals surface area contributed by atoms with Gasteiger partial charge in [-0.3, -0.25) is 0 Å². The molecule has 0 aromatic heterocycles. The van der Waals surface area contributed by atoms with Crippen LogP contribution in [0.3, 0.4) is 0 Å². The predicted octanol–water partition coefficient (Wildman–Crippen LogP) is 11.9. The molecule has 0 spiro atoms. The minimum absolute atomic E-state index is 0.371. The summed E-state index contributed by atoms with van der Waals surface area (Å²) in [7, 11) is 0. The van der Waals surface area contributed by atoms with Crippen molar-refractivity contribution in [2.75, 3.05) is 13.2 Å². The summed E-state index contributed by atoms with van der Waals surface area (Å²) in [5.74, 6) is 0. The van der Waals surface area contributed by atoms with Crippen molar-refractivity contribution in [1.29, 1.82) is 0 Å². The van der Waals surface area contributed by atoms with Crippen LogP contribution in [0.1, 0.15) is 199 Å². The highest BCUT2D eigenvalue weighted by Gasteiger charge is 1.97. The highest BCUT2D eigenvalue weighted by molar-refractivity contribution is 8.11. The van der Waals surface area contributed by atoms with Gasteiger partial charge in [0.1, 0.15) is 4.32 Å². The molecule has 228 valence electrons.